The van der Waals surface area contributed by atoms with E-state index in [1.165, 1.54) is 13.2 Å². The summed E-state index contributed by atoms with van der Waals surface area (Å²) in [5.74, 6) is 0.759. The van der Waals surface area contributed by atoms with Crippen LogP contribution in [0.4, 0.5) is 0 Å². The van der Waals surface area contributed by atoms with Crippen LogP contribution in [0.1, 0.15) is 16.8 Å². The number of halogens is 1. The van der Waals surface area contributed by atoms with Gasteiger partial charge < -0.3 is 30.0 Å². The van der Waals surface area contributed by atoms with Gasteiger partial charge in [0.05, 0.1) is 23.8 Å². The Morgan fingerprint density at radius 1 is 1.46 bits per heavy atom. The van der Waals surface area contributed by atoms with Crippen molar-refractivity contribution in [2.75, 3.05) is 40.0 Å². The highest BCUT2D eigenvalue weighted by Crippen LogP contribution is 2.46. The lowest BCUT2D eigenvalue weighted by Crippen LogP contribution is -2.45. The van der Waals surface area contributed by atoms with E-state index in [0.717, 1.165) is 13.0 Å². The number of carbonyl (C=O) groups is 1. The van der Waals surface area contributed by atoms with Gasteiger partial charge in [-0.25, -0.2) is 0 Å². The van der Waals surface area contributed by atoms with Crippen LogP contribution >= 0.6 is 11.6 Å². The molecule has 1 amide bonds. The molecule has 0 aromatic heterocycles. The molecule has 2 aliphatic rings. The van der Waals surface area contributed by atoms with Gasteiger partial charge in [-0.1, -0.05) is 11.6 Å². The summed E-state index contributed by atoms with van der Waals surface area (Å²) >= 11 is 6.19. The van der Waals surface area contributed by atoms with Crippen LogP contribution in [0, 0.1) is 5.92 Å². The molecule has 132 valence electrons. The number of aliphatic hydroxyl groups excluding tert-OH is 1. The number of rotatable bonds is 4. The normalized spacial score (nSPS) is 22.8. The molecule has 3 N–H and O–H groups in total. The summed E-state index contributed by atoms with van der Waals surface area (Å²) in [7, 11) is 1.48. The number of hydrogen-bond donors (Lipinski definition) is 3. The lowest BCUT2D eigenvalue weighted by atomic mass is 9.95. The molecule has 1 saturated heterocycles. The zero-order valence-electron chi connectivity index (χ0n) is 13.4. The van der Waals surface area contributed by atoms with Gasteiger partial charge in [-0.15, -0.1) is 0 Å². The van der Waals surface area contributed by atoms with E-state index in [1.54, 1.807) is 0 Å². The third-order valence-electron chi connectivity index (χ3n) is 4.28. The minimum absolute atomic E-state index is 0.0249. The molecule has 24 heavy (non-hydrogen) atoms. The molecule has 0 radical (unpaired) electrons. The Morgan fingerprint density at radius 3 is 2.92 bits per heavy atom. The van der Waals surface area contributed by atoms with Gasteiger partial charge in [0.25, 0.3) is 5.91 Å². The van der Waals surface area contributed by atoms with Crippen LogP contribution in [0.5, 0.6) is 17.2 Å². The first-order chi connectivity index (χ1) is 11.6. The molecule has 0 saturated carbocycles. The predicted octanol–water partition coefficient (Wildman–Crippen LogP) is 0.820. The number of ether oxygens (including phenoxy) is 3. The van der Waals surface area contributed by atoms with Gasteiger partial charge >= 0.3 is 0 Å². The number of nitrogens with one attached hydrogen (secondary N) is 2. The topological polar surface area (TPSA) is 89.1 Å². The second-order valence-corrected chi connectivity index (χ2v) is 6.23. The first-order valence-corrected chi connectivity index (χ1v) is 8.32. The lowest BCUT2D eigenvalue weighted by Gasteiger charge is -2.28. The van der Waals surface area contributed by atoms with E-state index >= 15 is 0 Å². The van der Waals surface area contributed by atoms with Gasteiger partial charge in [0.1, 0.15) is 13.2 Å². The molecular formula is C16H21ClN2O5. The fourth-order valence-electron chi connectivity index (χ4n) is 2.97. The predicted molar refractivity (Wildman–Crippen MR) is 88.3 cm³/mol. The Labute approximate surface area is 145 Å². The molecular weight excluding hydrogens is 336 g/mol. The fourth-order valence-corrected chi connectivity index (χ4v) is 3.24. The Bertz CT molecular complexity index is 625. The number of hydrogen-bond acceptors (Lipinski definition) is 6. The summed E-state index contributed by atoms with van der Waals surface area (Å²) in [4.78, 5) is 12.6. The van der Waals surface area contributed by atoms with E-state index in [1.807, 2.05) is 0 Å². The first kappa shape index (κ1) is 17.1. The standard InChI is InChI=1S/C16H21ClN2O5/c1-22-14-11(17)6-10(13-15(14)24-5-4-23-13)16(21)19-7-9-2-3-18-8-12(9)20/h6,9,12,18,20H,2-5,7-8H2,1H3,(H,19,21)/t9-,12?/m0/s1. The van der Waals surface area contributed by atoms with Gasteiger partial charge in [-0.3, -0.25) is 4.79 Å². The van der Waals surface area contributed by atoms with Gasteiger partial charge in [0.15, 0.2) is 11.5 Å². The second kappa shape index (κ2) is 7.46. The molecule has 1 aromatic rings. The third kappa shape index (κ3) is 3.38. The van der Waals surface area contributed by atoms with Crippen molar-refractivity contribution in [2.24, 2.45) is 5.92 Å². The summed E-state index contributed by atoms with van der Waals surface area (Å²) in [6.07, 6.45) is 0.342. The molecule has 8 heteroatoms. The SMILES string of the molecule is COc1c(Cl)cc(C(=O)NC[C@@H]2CCNCC2O)c2c1OCCO2. The molecule has 0 spiro atoms. The number of methoxy groups -OCH3 is 1. The van der Waals surface area contributed by atoms with Crippen molar-refractivity contribution in [3.63, 3.8) is 0 Å². The quantitative estimate of drug-likeness (QED) is 0.740. The lowest BCUT2D eigenvalue weighted by molar-refractivity contribution is 0.0749. The zero-order valence-corrected chi connectivity index (χ0v) is 14.2. The summed E-state index contributed by atoms with van der Waals surface area (Å²) in [5.41, 5.74) is 0.305. The average Bonchev–Trinajstić information content (AvgIpc) is 2.60. The van der Waals surface area contributed by atoms with Crippen molar-refractivity contribution in [1.29, 1.82) is 0 Å². The monoisotopic (exact) mass is 356 g/mol. The van der Waals surface area contributed by atoms with Gasteiger partial charge in [0.2, 0.25) is 5.75 Å². The molecule has 2 aliphatic heterocycles. The van der Waals surface area contributed by atoms with Crippen LogP contribution in [0.2, 0.25) is 5.02 Å². The van der Waals surface area contributed by atoms with Crippen LogP contribution in [-0.2, 0) is 0 Å². The van der Waals surface area contributed by atoms with Crippen molar-refractivity contribution in [3.05, 3.63) is 16.7 Å². The number of benzene rings is 1. The maximum absolute atomic E-state index is 12.6. The van der Waals surface area contributed by atoms with Crippen LogP contribution in [0.25, 0.3) is 0 Å². The highest BCUT2D eigenvalue weighted by molar-refractivity contribution is 6.33. The molecule has 0 aliphatic carbocycles. The molecule has 3 rings (SSSR count). The van der Waals surface area contributed by atoms with Crippen molar-refractivity contribution in [2.45, 2.75) is 12.5 Å². The van der Waals surface area contributed by atoms with Crippen LogP contribution in [-0.4, -0.2) is 57.1 Å². The third-order valence-corrected chi connectivity index (χ3v) is 4.57. The van der Waals surface area contributed by atoms with E-state index in [4.69, 9.17) is 25.8 Å². The smallest absolute Gasteiger partial charge is 0.255 e. The average molecular weight is 357 g/mol. The Kier molecular flexibility index (Phi) is 5.33. The number of piperidine rings is 1. The summed E-state index contributed by atoms with van der Waals surface area (Å²) in [6, 6.07) is 1.52. The van der Waals surface area contributed by atoms with Crippen LogP contribution < -0.4 is 24.8 Å². The molecule has 1 unspecified atom stereocenters. The Balaban J connectivity index is 1.78. The van der Waals surface area contributed by atoms with Crippen molar-refractivity contribution in [3.8, 4) is 17.2 Å². The van der Waals surface area contributed by atoms with E-state index in [0.29, 0.717) is 49.1 Å². The number of aliphatic hydroxyl groups is 1. The number of carbonyl (C=O) groups excluding carboxylic acids is 1. The van der Waals surface area contributed by atoms with Gasteiger partial charge in [-0.2, -0.15) is 0 Å². The highest BCUT2D eigenvalue weighted by atomic mass is 35.5. The molecule has 2 atom stereocenters. The molecule has 2 heterocycles. The molecule has 1 aromatic carbocycles. The first-order valence-electron chi connectivity index (χ1n) is 7.95. The maximum Gasteiger partial charge on any atom is 0.255 e. The molecule has 0 bridgehead atoms. The molecule has 7 nitrogen and oxygen atoms in total. The van der Waals surface area contributed by atoms with Gasteiger partial charge in [0, 0.05) is 19.0 Å². The van der Waals surface area contributed by atoms with Crippen LogP contribution in [0.15, 0.2) is 6.07 Å². The fraction of sp³-hybridized carbons (Fsp3) is 0.562. The van der Waals surface area contributed by atoms with Gasteiger partial charge in [-0.05, 0) is 19.0 Å². The minimum Gasteiger partial charge on any atom is -0.491 e. The Hall–Kier alpha value is -1.70. The zero-order chi connectivity index (χ0) is 17.1. The number of β-amino-alcohol motifs (C(OH)–C–C–N with tert-alkyl or cyclic N) is 1. The summed E-state index contributed by atoms with van der Waals surface area (Å²) in [5, 5.41) is 16.2. The van der Waals surface area contributed by atoms with Crippen molar-refractivity contribution in [1.82, 2.24) is 10.6 Å². The van der Waals surface area contributed by atoms with E-state index in [2.05, 4.69) is 10.6 Å². The minimum atomic E-state index is -0.466. The van der Waals surface area contributed by atoms with E-state index in [-0.39, 0.29) is 16.8 Å². The van der Waals surface area contributed by atoms with Crippen molar-refractivity contribution >= 4 is 17.5 Å². The van der Waals surface area contributed by atoms with E-state index < -0.39 is 6.10 Å². The Morgan fingerprint density at radius 2 is 2.21 bits per heavy atom. The second-order valence-electron chi connectivity index (χ2n) is 5.82. The molecule has 1 fully saturated rings. The maximum atomic E-state index is 12.6. The summed E-state index contributed by atoms with van der Waals surface area (Å²) < 4.78 is 16.4. The largest absolute Gasteiger partial charge is 0.491 e. The highest BCUT2D eigenvalue weighted by Gasteiger charge is 2.28. The van der Waals surface area contributed by atoms with E-state index in [9.17, 15) is 9.90 Å². The number of amides is 1. The van der Waals surface area contributed by atoms with Crippen LogP contribution in [0.3, 0.4) is 0 Å². The number of fused-ring (bicyclic) bond motifs is 1. The van der Waals surface area contributed by atoms with Crippen molar-refractivity contribution < 1.29 is 24.1 Å². The summed E-state index contributed by atoms with van der Waals surface area (Å²) in [6.45, 7) is 2.48.